The SMILES string of the molecule is Cc1ccccc1CN1CCN(C(=O)O)CC1=O. The molecule has 0 spiro atoms. The lowest BCUT2D eigenvalue weighted by molar-refractivity contribution is -0.135. The fraction of sp³-hybridized carbons (Fsp3) is 0.385. The van der Waals surface area contributed by atoms with E-state index in [2.05, 4.69) is 0 Å². The fourth-order valence-corrected chi connectivity index (χ4v) is 2.03. The Morgan fingerprint density at radius 1 is 1.33 bits per heavy atom. The largest absolute Gasteiger partial charge is 0.465 e. The van der Waals surface area contributed by atoms with Crippen LogP contribution in [0.4, 0.5) is 4.79 Å². The average Bonchev–Trinajstić information content (AvgIpc) is 2.34. The third-order valence-corrected chi connectivity index (χ3v) is 3.21. The van der Waals surface area contributed by atoms with Gasteiger partial charge in [0.1, 0.15) is 6.54 Å². The van der Waals surface area contributed by atoms with Crippen LogP contribution in [-0.4, -0.2) is 46.5 Å². The van der Waals surface area contributed by atoms with Crippen LogP contribution in [0.5, 0.6) is 0 Å². The van der Waals surface area contributed by atoms with Crippen molar-refractivity contribution in [1.82, 2.24) is 9.80 Å². The lowest BCUT2D eigenvalue weighted by Gasteiger charge is -2.33. The molecule has 0 bridgehead atoms. The van der Waals surface area contributed by atoms with E-state index >= 15 is 0 Å². The van der Waals surface area contributed by atoms with Gasteiger partial charge in [0, 0.05) is 19.6 Å². The van der Waals surface area contributed by atoms with Gasteiger partial charge in [-0.1, -0.05) is 24.3 Å². The van der Waals surface area contributed by atoms with Crippen LogP contribution in [0, 0.1) is 6.92 Å². The molecule has 1 aliphatic rings. The summed E-state index contributed by atoms with van der Waals surface area (Å²) in [5.41, 5.74) is 2.25. The van der Waals surface area contributed by atoms with Gasteiger partial charge >= 0.3 is 6.09 Å². The molecule has 18 heavy (non-hydrogen) atoms. The van der Waals surface area contributed by atoms with Crippen molar-refractivity contribution in [2.45, 2.75) is 13.5 Å². The normalized spacial score (nSPS) is 15.9. The Bertz CT molecular complexity index is 473. The van der Waals surface area contributed by atoms with Gasteiger partial charge in [-0.05, 0) is 18.1 Å². The van der Waals surface area contributed by atoms with E-state index in [4.69, 9.17) is 5.11 Å². The van der Waals surface area contributed by atoms with Gasteiger partial charge in [-0.15, -0.1) is 0 Å². The van der Waals surface area contributed by atoms with Crippen LogP contribution in [0.25, 0.3) is 0 Å². The molecule has 1 aliphatic heterocycles. The molecular weight excluding hydrogens is 232 g/mol. The topological polar surface area (TPSA) is 60.9 Å². The van der Waals surface area contributed by atoms with Gasteiger partial charge in [-0.3, -0.25) is 9.69 Å². The molecule has 1 saturated heterocycles. The summed E-state index contributed by atoms with van der Waals surface area (Å²) < 4.78 is 0. The molecule has 1 aromatic carbocycles. The molecule has 5 heteroatoms. The van der Waals surface area contributed by atoms with Crippen LogP contribution in [-0.2, 0) is 11.3 Å². The summed E-state index contributed by atoms with van der Waals surface area (Å²) in [6, 6.07) is 7.91. The summed E-state index contributed by atoms with van der Waals surface area (Å²) >= 11 is 0. The summed E-state index contributed by atoms with van der Waals surface area (Å²) in [4.78, 5) is 25.5. The molecule has 1 fully saturated rings. The maximum Gasteiger partial charge on any atom is 0.407 e. The molecule has 96 valence electrons. The second-order valence-corrected chi connectivity index (χ2v) is 4.45. The Morgan fingerprint density at radius 2 is 2.06 bits per heavy atom. The van der Waals surface area contributed by atoms with Crippen molar-refractivity contribution in [3.8, 4) is 0 Å². The average molecular weight is 248 g/mol. The maximum absolute atomic E-state index is 11.8. The molecule has 2 rings (SSSR count). The number of rotatable bonds is 2. The summed E-state index contributed by atoms with van der Waals surface area (Å²) in [6.07, 6.45) is -1.03. The molecule has 2 amide bonds. The number of carbonyl (C=O) groups is 2. The van der Waals surface area contributed by atoms with E-state index in [1.807, 2.05) is 31.2 Å². The quantitative estimate of drug-likeness (QED) is 0.858. The van der Waals surface area contributed by atoms with Gasteiger partial charge in [0.15, 0.2) is 0 Å². The second kappa shape index (κ2) is 5.08. The Labute approximate surface area is 106 Å². The minimum absolute atomic E-state index is 0.0405. The molecule has 5 nitrogen and oxygen atoms in total. The minimum atomic E-state index is -1.03. The van der Waals surface area contributed by atoms with Gasteiger partial charge in [-0.25, -0.2) is 4.79 Å². The first-order valence-corrected chi connectivity index (χ1v) is 5.88. The summed E-state index contributed by atoms with van der Waals surface area (Å²) in [5, 5.41) is 8.83. The van der Waals surface area contributed by atoms with Crippen molar-refractivity contribution in [2.24, 2.45) is 0 Å². The van der Waals surface area contributed by atoms with Crippen molar-refractivity contribution >= 4 is 12.0 Å². The smallest absolute Gasteiger partial charge is 0.407 e. The predicted octanol–water partition coefficient (Wildman–Crippen LogP) is 1.32. The summed E-state index contributed by atoms with van der Waals surface area (Å²) in [5.74, 6) is -0.132. The Hall–Kier alpha value is -2.04. The summed E-state index contributed by atoms with van der Waals surface area (Å²) in [7, 11) is 0. The van der Waals surface area contributed by atoms with Gasteiger partial charge in [0.2, 0.25) is 5.91 Å². The molecule has 0 saturated carbocycles. The molecule has 0 radical (unpaired) electrons. The van der Waals surface area contributed by atoms with Crippen molar-refractivity contribution in [3.63, 3.8) is 0 Å². The van der Waals surface area contributed by atoms with E-state index in [-0.39, 0.29) is 12.5 Å². The van der Waals surface area contributed by atoms with Crippen LogP contribution in [0.1, 0.15) is 11.1 Å². The molecule has 1 N–H and O–H groups in total. The van der Waals surface area contributed by atoms with E-state index in [1.165, 1.54) is 0 Å². The maximum atomic E-state index is 11.8. The van der Waals surface area contributed by atoms with Crippen molar-refractivity contribution in [1.29, 1.82) is 0 Å². The second-order valence-electron chi connectivity index (χ2n) is 4.45. The van der Waals surface area contributed by atoms with Crippen LogP contribution in [0.3, 0.4) is 0 Å². The van der Waals surface area contributed by atoms with Crippen molar-refractivity contribution < 1.29 is 14.7 Å². The molecular formula is C13H16N2O3. The molecule has 0 atom stereocenters. The van der Waals surface area contributed by atoms with Gasteiger partial charge in [-0.2, -0.15) is 0 Å². The number of nitrogens with zero attached hydrogens (tertiary/aromatic N) is 2. The Kier molecular flexibility index (Phi) is 3.50. The zero-order chi connectivity index (χ0) is 13.1. The number of benzene rings is 1. The van der Waals surface area contributed by atoms with Crippen molar-refractivity contribution in [2.75, 3.05) is 19.6 Å². The monoisotopic (exact) mass is 248 g/mol. The number of hydrogen-bond donors (Lipinski definition) is 1. The Balaban J connectivity index is 2.02. The number of amides is 2. The van der Waals surface area contributed by atoms with Crippen LogP contribution < -0.4 is 0 Å². The van der Waals surface area contributed by atoms with Crippen LogP contribution in [0.2, 0.25) is 0 Å². The highest BCUT2D eigenvalue weighted by atomic mass is 16.4. The molecule has 1 aromatic rings. The third-order valence-electron chi connectivity index (χ3n) is 3.21. The highest BCUT2D eigenvalue weighted by molar-refractivity contribution is 5.83. The first-order chi connectivity index (χ1) is 8.58. The first-order valence-electron chi connectivity index (χ1n) is 5.88. The third kappa shape index (κ3) is 2.61. The van der Waals surface area contributed by atoms with Gasteiger partial charge < -0.3 is 10.0 Å². The van der Waals surface area contributed by atoms with Gasteiger partial charge in [0.25, 0.3) is 0 Å². The molecule has 1 heterocycles. The lowest BCUT2D eigenvalue weighted by Crippen LogP contribution is -2.51. The zero-order valence-corrected chi connectivity index (χ0v) is 10.3. The number of aryl methyl sites for hydroxylation is 1. The fourth-order valence-electron chi connectivity index (χ4n) is 2.03. The van der Waals surface area contributed by atoms with E-state index < -0.39 is 6.09 Å². The zero-order valence-electron chi connectivity index (χ0n) is 10.3. The first kappa shape index (κ1) is 12.4. The van der Waals surface area contributed by atoms with Crippen molar-refractivity contribution in [3.05, 3.63) is 35.4 Å². The number of carbonyl (C=O) groups excluding carboxylic acids is 1. The predicted molar refractivity (Wildman–Crippen MR) is 66.2 cm³/mol. The highest BCUT2D eigenvalue weighted by Gasteiger charge is 2.26. The molecule has 0 aliphatic carbocycles. The number of carboxylic acid groups (broad SMARTS) is 1. The highest BCUT2D eigenvalue weighted by Crippen LogP contribution is 2.13. The van der Waals surface area contributed by atoms with E-state index in [0.717, 1.165) is 16.0 Å². The molecule has 0 aromatic heterocycles. The van der Waals surface area contributed by atoms with Crippen LogP contribution in [0.15, 0.2) is 24.3 Å². The van der Waals surface area contributed by atoms with Gasteiger partial charge in [0.05, 0.1) is 0 Å². The van der Waals surface area contributed by atoms with E-state index in [1.54, 1.807) is 4.90 Å². The van der Waals surface area contributed by atoms with E-state index in [9.17, 15) is 9.59 Å². The minimum Gasteiger partial charge on any atom is -0.465 e. The summed E-state index contributed by atoms with van der Waals surface area (Å²) in [6.45, 7) is 3.36. The standard InChI is InChI=1S/C13H16N2O3/c1-10-4-2-3-5-11(10)8-14-6-7-15(13(17)18)9-12(14)16/h2-5H,6-9H2,1H3,(H,17,18). The van der Waals surface area contributed by atoms with Crippen LogP contribution >= 0.6 is 0 Å². The van der Waals surface area contributed by atoms with E-state index in [0.29, 0.717) is 19.6 Å². The number of hydrogen-bond acceptors (Lipinski definition) is 2. The molecule has 0 unspecified atom stereocenters. The Morgan fingerprint density at radius 3 is 2.67 bits per heavy atom. The number of piperazine rings is 1. The lowest BCUT2D eigenvalue weighted by atomic mass is 10.1.